The van der Waals surface area contributed by atoms with E-state index in [4.69, 9.17) is 4.74 Å². The van der Waals surface area contributed by atoms with Gasteiger partial charge in [-0.3, -0.25) is 4.79 Å². The van der Waals surface area contributed by atoms with Gasteiger partial charge in [-0.05, 0) is 56.2 Å². The van der Waals surface area contributed by atoms with Crippen molar-refractivity contribution >= 4 is 15.9 Å². The first-order chi connectivity index (χ1) is 13.0. The quantitative estimate of drug-likeness (QED) is 0.804. The van der Waals surface area contributed by atoms with Gasteiger partial charge in [-0.1, -0.05) is 19.3 Å². The minimum absolute atomic E-state index is 0.125. The molecule has 0 bridgehead atoms. The SMILES string of the molecule is COc1ccc(S(=O)(=O)NCC2CCCCC2)cc1C(=O)N1CCCCC1. The number of rotatable bonds is 6. The number of nitrogens with one attached hydrogen (secondary N) is 1. The van der Waals surface area contributed by atoms with E-state index in [0.29, 0.717) is 36.9 Å². The standard InChI is InChI=1S/C20H30N2O4S/c1-26-19-11-10-17(14-18(19)20(23)22-12-6-3-7-13-22)27(24,25)21-15-16-8-4-2-5-9-16/h10-11,14,16,21H,2-9,12-13,15H2,1H3. The van der Waals surface area contributed by atoms with Crippen LogP contribution in [0.2, 0.25) is 0 Å². The number of carbonyl (C=O) groups excluding carboxylic acids is 1. The lowest BCUT2D eigenvalue weighted by Gasteiger charge is -2.27. The average molecular weight is 395 g/mol. The van der Waals surface area contributed by atoms with Gasteiger partial charge in [0.05, 0.1) is 17.6 Å². The molecule has 1 aromatic rings. The van der Waals surface area contributed by atoms with Crippen LogP contribution in [0, 0.1) is 5.92 Å². The Hall–Kier alpha value is -1.60. The van der Waals surface area contributed by atoms with E-state index in [9.17, 15) is 13.2 Å². The van der Waals surface area contributed by atoms with Crippen molar-refractivity contribution in [3.8, 4) is 5.75 Å². The Labute approximate surface area is 162 Å². The molecule has 2 fully saturated rings. The van der Waals surface area contributed by atoms with E-state index >= 15 is 0 Å². The summed E-state index contributed by atoms with van der Waals surface area (Å²) in [5.74, 6) is 0.661. The largest absolute Gasteiger partial charge is 0.496 e. The highest BCUT2D eigenvalue weighted by molar-refractivity contribution is 7.89. The van der Waals surface area contributed by atoms with E-state index in [0.717, 1.165) is 32.1 Å². The van der Waals surface area contributed by atoms with Crippen LogP contribution in [0.3, 0.4) is 0 Å². The number of nitrogens with zero attached hydrogens (tertiary/aromatic N) is 1. The molecule has 3 rings (SSSR count). The number of benzene rings is 1. The highest BCUT2D eigenvalue weighted by atomic mass is 32.2. The van der Waals surface area contributed by atoms with Gasteiger partial charge in [0.2, 0.25) is 10.0 Å². The molecule has 1 N–H and O–H groups in total. The molecule has 0 spiro atoms. The van der Waals surface area contributed by atoms with Crippen molar-refractivity contribution in [2.75, 3.05) is 26.7 Å². The molecule has 0 unspecified atom stereocenters. The van der Waals surface area contributed by atoms with Crippen molar-refractivity contribution in [3.63, 3.8) is 0 Å². The Morgan fingerprint density at radius 1 is 1.11 bits per heavy atom. The lowest BCUT2D eigenvalue weighted by molar-refractivity contribution is 0.0720. The van der Waals surface area contributed by atoms with Gasteiger partial charge in [0.1, 0.15) is 5.75 Å². The number of sulfonamides is 1. The number of hydrogen-bond donors (Lipinski definition) is 1. The molecule has 0 atom stereocenters. The zero-order valence-corrected chi connectivity index (χ0v) is 16.9. The van der Waals surface area contributed by atoms with Gasteiger partial charge >= 0.3 is 0 Å². The molecule has 1 heterocycles. The lowest BCUT2D eigenvalue weighted by Crippen LogP contribution is -2.36. The fraction of sp³-hybridized carbons (Fsp3) is 0.650. The Bertz CT molecular complexity index is 751. The van der Waals surface area contributed by atoms with Crippen LogP contribution < -0.4 is 9.46 Å². The van der Waals surface area contributed by atoms with Crippen LogP contribution in [-0.4, -0.2) is 46.0 Å². The molecule has 6 nitrogen and oxygen atoms in total. The molecule has 1 aliphatic carbocycles. The maximum absolute atomic E-state index is 12.9. The third-order valence-electron chi connectivity index (χ3n) is 5.64. The van der Waals surface area contributed by atoms with E-state index in [-0.39, 0.29) is 10.8 Å². The maximum atomic E-state index is 12.9. The second kappa shape index (κ2) is 9.06. The molecule has 7 heteroatoms. The normalized spacial score (nSPS) is 19.1. The van der Waals surface area contributed by atoms with Crippen LogP contribution in [-0.2, 0) is 10.0 Å². The van der Waals surface area contributed by atoms with Crippen LogP contribution in [0.25, 0.3) is 0 Å². The number of methoxy groups -OCH3 is 1. The van der Waals surface area contributed by atoms with E-state index < -0.39 is 10.0 Å². The third kappa shape index (κ3) is 5.02. The highest BCUT2D eigenvalue weighted by Crippen LogP contribution is 2.26. The topological polar surface area (TPSA) is 75.7 Å². The van der Waals surface area contributed by atoms with Crippen LogP contribution in [0.4, 0.5) is 0 Å². The number of amides is 1. The predicted octanol–water partition coefficient (Wildman–Crippen LogP) is 3.18. The van der Waals surface area contributed by atoms with E-state index in [1.165, 1.54) is 38.5 Å². The van der Waals surface area contributed by atoms with E-state index in [2.05, 4.69) is 4.72 Å². The van der Waals surface area contributed by atoms with Crippen molar-refractivity contribution in [1.82, 2.24) is 9.62 Å². The molecule has 1 aromatic carbocycles. The Balaban J connectivity index is 1.77. The van der Waals surface area contributed by atoms with Crippen LogP contribution >= 0.6 is 0 Å². The summed E-state index contributed by atoms with van der Waals surface area (Å²) < 4.78 is 33.5. The summed E-state index contributed by atoms with van der Waals surface area (Å²) in [6.07, 6.45) is 8.81. The Kier molecular flexibility index (Phi) is 6.76. The molecule has 1 saturated carbocycles. The van der Waals surface area contributed by atoms with Crippen LogP contribution in [0.5, 0.6) is 5.75 Å². The van der Waals surface area contributed by atoms with E-state index in [1.807, 2.05) is 0 Å². The first kappa shape index (κ1) is 20.1. The Morgan fingerprint density at radius 3 is 2.44 bits per heavy atom. The van der Waals surface area contributed by atoms with Gasteiger partial charge in [-0.25, -0.2) is 13.1 Å². The summed E-state index contributed by atoms with van der Waals surface area (Å²) >= 11 is 0. The summed E-state index contributed by atoms with van der Waals surface area (Å²) in [7, 11) is -2.15. The van der Waals surface area contributed by atoms with Gasteiger partial charge in [-0.15, -0.1) is 0 Å². The molecular weight excluding hydrogens is 364 g/mol. The highest BCUT2D eigenvalue weighted by Gasteiger charge is 2.25. The first-order valence-electron chi connectivity index (χ1n) is 9.98. The number of likely N-dealkylation sites (tertiary alicyclic amines) is 1. The summed E-state index contributed by atoms with van der Waals surface area (Å²) in [5, 5.41) is 0. The van der Waals surface area contributed by atoms with Crippen molar-refractivity contribution in [3.05, 3.63) is 23.8 Å². The number of carbonyl (C=O) groups is 1. The van der Waals surface area contributed by atoms with Crippen molar-refractivity contribution in [2.45, 2.75) is 56.3 Å². The van der Waals surface area contributed by atoms with Crippen molar-refractivity contribution in [1.29, 1.82) is 0 Å². The molecule has 1 aliphatic heterocycles. The van der Waals surface area contributed by atoms with Gasteiger partial charge in [-0.2, -0.15) is 0 Å². The molecular formula is C20H30N2O4S. The molecule has 27 heavy (non-hydrogen) atoms. The zero-order chi connectivity index (χ0) is 19.3. The number of piperidine rings is 1. The molecule has 0 radical (unpaired) electrons. The summed E-state index contributed by atoms with van der Waals surface area (Å²) in [6, 6.07) is 4.54. The molecule has 1 amide bonds. The minimum Gasteiger partial charge on any atom is -0.496 e. The minimum atomic E-state index is -3.65. The smallest absolute Gasteiger partial charge is 0.257 e. The maximum Gasteiger partial charge on any atom is 0.257 e. The van der Waals surface area contributed by atoms with Crippen molar-refractivity contribution < 1.29 is 17.9 Å². The fourth-order valence-corrected chi connectivity index (χ4v) is 5.13. The van der Waals surface area contributed by atoms with E-state index in [1.54, 1.807) is 11.0 Å². The van der Waals surface area contributed by atoms with Crippen molar-refractivity contribution in [2.24, 2.45) is 5.92 Å². The predicted molar refractivity (Wildman–Crippen MR) is 105 cm³/mol. The Morgan fingerprint density at radius 2 is 1.78 bits per heavy atom. The third-order valence-corrected chi connectivity index (χ3v) is 7.06. The summed E-state index contributed by atoms with van der Waals surface area (Å²) in [5.41, 5.74) is 0.319. The average Bonchev–Trinajstić information content (AvgIpc) is 2.72. The number of ether oxygens (including phenoxy) is 1. The van der Waals surface area contributed by atoms with Gasteiger partial charge in [0.15, 0.2) is 0 Å². The summed E-state index contributed by atoms with van der Waals surface area (Å²) in [4.78, 5) is 14.8. The molecule has 2 aliphatic rings. The monoisotopic (exact) mass is 394 g/mol. The van der Waals surface area contributed by atoms with Gasteiger partial charge < -0.3 is 9.64 Å². The molecule has 150 valence electrons. The second-order valence-electron chi connectivity index (χ2n) is 7.57. The molecule has 1 saturated heterocycles. The number of hydrogen-bond acceptors (Lipinski definition) is 4. The van der Waals surface area contributed by atoms with Crippen LogP contribution in [0.15, 0.2) is 23.1 Å². The second-order valence-corrected chi connectivity index (χ2v) is 9.34. The van der Waals surface area contributed by atoms with Gasteiger partial charge in [0.25, 0.3) is 5.91 Å². The molecule has 0 aromatic heterocycles. The lowest BCUT2D eigenvalue weighted by atomic mass is 9.90. The first-order valence-corrected chi connectivity index (χ1v) is 11.5. The zero-order valence-electron chi connectivity index (χ0n) is 16.1. The summed E-state index contributed by atoms with van der Waals surface area (Å²) in [6.45, 7) is 1.88. The van der Waals surface area contributed by atoms with Gasteiger partial charge in [0, 0.05) is 19.6 Å². The fourth-order valence-electron chi connectivity index (χ4n) is 3.99. The van der Waals surface area contributed by atoms with Crippen LogP contribution in [0.1, 0.15) is 61.7 Å².